The van der Waals surface area contributed by atoms with Crippen molar-refractivity contribution in [2.45, 2.75) is 12.8 Å². The summed E-state index contributed by atoms with van der Waals surface area (Å²) < 4.78 is 5.89. The van der Waals surface area contributed by atoms with Gasteiger partial charge in [-0.1, -0.05) is 12.6 Å². The molecule has 0 aromatic carbocycles. The number of carbonyl (C=O) groups is 2. The van der Waals surface area contributed by atoms with Gasteiger partial charge in [-0.3, -0.25) is 14.7 Å². The van der Waals surface area contributed by atoms with Gasteiger partial charge in [0.05, 0.1) is 35.4 Å². The third kappa shape index (κ3) is 4.86. The zero-order chi connectivity index (χ0) is 24.2. The number of oxazole rings is 1. The van der Waals surface area contributed by atoms with Gasteiger partial charge in [0.15, 0.2) is 5.76 Å². The minimum Gasteiger partial charge on any atom is -0.433 e. The van der Waals surface area contributed by atoms with Crippen LogP contribution in [0.25, 0.3) is 34.4 Å². The van der Waals surface area contributed by atoms with E-state index in [-0.39, 0.29) is 17.7 Å². The quantitative estimate of drug-likeness (QED) is 0.413. The molecule has 2 amide bonds. The van der Waals surface area contributed by atoms with Gasteiger partial charge in [0.25, 0.3) is 0 Å². The van der Waals surface area contributed by atoms with Crippen molar-refractivity contribution in [1.82, 2.24) is 30.0 Å². The fraction of sp³-hybridized carbons (Fsp3) is 0.200. The summed E-state index contributed by atoms with van der Waals surface area (Å²) in [6, 6.07) is 10.9. The first kappa shape index (κ1) is 22.2. The third-order valence-electron chi connectivity index (χ3n) is 5.81. The molecule has 5 rings (SSSR count). The molecule has 0 bridgehead atoms. The van der Waals surface area contributed by atoms with Gasteiger partial charge >= 0.3 is 0 Å². The Hall–Kier alpha value is -4.60. The van der Waals surface area contributed by atoms with Crippen LogP contribution >= 0.6 is 0 Å². The van der Waals surface area contributed by atoms with E-state index >= 15 is 0 Å². The van der Waals surface area contributed by atoms with E-state index in [2.05, 4.69) is 37.0 Å². The van der Waals surface area contributed by atoms with Gasteiger partial charge in [-0.25, -0.2) is 15.0 Å². The normalized spacial score (nSPS) is 15.5. The van der Waals surface area contributed by atoms with E-state index in [0.29, 0.717) is 41.8 Å². The molecule has 35 heavy (non-hydrogen) atoms. The molecule has 4 aromatic rings. The maximum atomic E-state index is 12.7. The van der Waals surface area contributed by atoms with Crippen LogP contribution in [0.4, 0.5) is 5.69 Å². The zero-order valence-electron chi connectivity index (χ0n) is 18.8. The van der Waals surface area contributed by atoms with E-state index in [1.807, 2.05) is 24.3 Å². The molecule has 0 unspecified atom stereocenters. The van der Waals surface area contributed by atoms with Crippen molar-refractivity contribution in [3.05, 3.63) is 67.6 Å². The monoisotopic (exact) mass is 469 g/mol. The van der Waals surface area contributed by atoms with E-state index in [1.54, 1.807) is 35.6 Å². The topological polar surface area (TPSA) is 130 Å². The third-order valence-corrected chi connectivity index (χ3v) is 5.81. The number of aromatic amines is 1. The van der Waals surface area contributed by atoms with Crippen LogP contribution < -0.4 is 5.32 Å². The van der Waals surface area contributed by atoms with Crippen molar-refractivity contribution < 1.29 is 14.0 Å². The summed E-state index contributed by atoms with van der Waals surface area (Å²) in [5, 5.41) is 9.73. The number of nitrogens with zero attached hydrogens (tertiary/aromatic N) is 5. The molecule has 1 saturated heterocycles. The predicted octanol–water partition coefficient (Wildman–Crippen LogP) is 3.55. The van der Waals surface area contributed by atoms with Crippen LogP contribution in [0, 0.1) is 5.92 Å². The first-order valence-corrected chi connectivity index (χ1v) is 11.2. The molecule has 1 atom stereocenters. The van der Waals surface area contributed by atoms with Crippen LogP contribution in [-0.2, 0) is 9.59 Å². The molecule has 1 aliphatic rings. The Morgan fingerprint density at radius 2 is 2.00 bits per heavy atom. The van der Waals surface area contributed by atoms with E-state index in [1.165, 1.54) is 6.08 Å². The average molecular weight is 470 g/mol. The van der Waals surface area contributed by atoms with E-state index < -0.39 is 0 Å². The Kier molecular flexibility index (Phi) is 6.16. The van der Waals surface area contributed by atoms with Gasteiger partial charge in [-0.2, -0.15) is 5.10 Å². The molecule has 5 heterocycles. The standard InChI is InChI=1S/C25H23N7O3/c1-2-23(33)32-12-4-5-16(15-32)24(34)29-17-8-9-21(26-13-17)25-27-14-22(35-25)20-7-3-6-18(30-20)19-10-11-28-31-19/h2-3,6-11,13-14,16H,1,4-5,12,15H2,(H,28,31)(H,29,34)/t16-/m0/s1. The number of anilines is 1. The number of rotatable bonds is 6. The van der Waals surface area contributed by atoms with E-state index in [9.17, 15) is 9.59 Å². The second-order valence-corrected chi connectivity index (χ2v) is 8.16. The Morgan fingerprint density at radius 1 is 1.11 bits per heavy atom. The van der Waals surface area contributed by atoms with Gasteiger partial charge in [0, 0.05) is 19.3 Å². The fourth-order valence-corrected chi connectivity index (χ4v) is 3.99. The first-order valence-electron chi connectivity index (χ1n) is 11.2. The van der Waals surface area contributed by atoms with Crippen molar-refractivity contribution in [3.63, 3.8) is 0 Å². The van der Waals surface area contributed by atoms with Crippen LogP contribution in [-0.4, -0.2) is 55.0 Å². The molecule has 10 heteroatoms. The van der Waals surface area contributed by atoms with Crippen LogP contribution in [0.5, 0.6) is 0 Å². The highest BCUT2D eigenvalue weighted by Gasteiger charge is 2.27. The predicted molar refractivity (Wildman–Crippen MR) is 129 cm³/mol. The van der Waals surface area contributed by atoms with Crippen LogP contribution in [0.15, 0.2) is 72.1 Å². The first-order chi connectivity index (χ1) is 17.1. The number of carbonyl (C=O) groups excluding carboxylic acids is 2. The lowest BCUT2D eigenvalue weighted by molar-refractivity contribution is -0.130. The van der Waals surface area contributed by atoms with Crippen LogP contribution in [0.2, 0.25) is 0 Å². The molecule has 1 fully saturated rings. The molecular formula is C25H23N7O3. The van der Waals surface area contributed by atoms with Crippen LogP contribution in [0.3, 0.4) is 0 Å². The number of nitrogens with one attached hydrogen (secondary N) is 2. The minimum atomic E-state index is -0.272. The summed E-state index contributed by atoms with van der Waals surface area (Å²) in [7, 11) is 0. The average Bonchev–Trinajstić information content (AvgIpc) is 3.62. The summed E-state index contributed by atoms with van der Waals surface area (Å²) in [6.07, 6.45) is 7.62. The highest BCUT2D eigenvalue weighted by Crippen LogP contribution is 2.26. The zero-order valence-corrected chi connectivity index (χ0v) is 18.8. The number of pyridine rings is 2. The number of likely N-dealkylation sites (tertiary alicyclic amines) is 1. The highest BCUT2D eigenvalue weighted by atomic mass is 16.4. The molecule has 10 nitrogen and oxygen atoms in total. The fourth-order valence-electron chi connectivity index (χ4n) is 3.99. The SMILES string of the molecule is C=CC(=O)N1CCC[C@H](C(=O)Nc2ccc(-c3ncc(-c4cccc(-c5ccn[nH]5)n4)o3)nc2)C1. The molecule has 2 N–H and O–H groups in total. The van der Waals surface area contributed by atoms with Crippen molar-refractivity contribution >= 4 is 17.5 Å². The molecule has 1 aliphatic heterocycles. The summed E-state index contributed by atoms with van der Waals surface area (Å²) in [6.45, 7) is 4.55. The van der Waals surface area contributed by atoms with Gasteiger partial charge in [0.1, 0.15) is 11.4 Å². The Balaban J connectivity index is 1.25. The number of hydrogen-bond acceptors (Lipinski definition) is 7. The Bertz CT molecular complexity index is 1350. The smallest absolute Gasteiger partial charge is 0.245 e. The van der Waals surface area contributed by atoms with Gasteiger partial charge in [0.2, 0.25) is 17.7 Å². The lowest BCUT2D eigenvalue weighted by Crippen LogP contribution is -2.43. The summed E-state index contributed by atoms with van der Waals surface area (Å²) in [4.78, 5) is 39.6. The number of hydrogen-bond donors (Lipinski definition) is 2. The molecule has 176 valence electrons. The van der Waals surface area contributed by atoms with Crippen molar-refractivity contribution in [3.8, 4) is 34.4 Å². The lowest BCUT2D eigenvalue weighted by Gasteiger charge is -2.31. The molecule has 0 radical (unpaired) electrons. The molecule has 0 saturated carbocycles. The number of amides is 2. The molecule has 4 aromatic heterocycles. The summed E-state index contributed by atoms with van der Waals surface area (Å²) in [5.74, 6) is 0.297. The number of aromatic nitrogens is 5. The van der Waals surface area contributed by atoms with E-state index in [4.69, 9.17) is 4.42 Å². The number of H-pyrrole nitrogens is 1. The Labute approximate surface area is 201 Å². The lowest BCUT2D eigenvalue weighted by atomic mass is 9.97. The second kappa shape index (κ2) is 9.72. The van der Waals surface area contributed by atoms with Crippen molar-refractivity contribution in [2.24, 2.45) is 5.92 Å². The minimum absolute atomic E-state index is 0.136. The highest BCUT2D eigenvalue weighted by molar-refractivity contribution is 5.93. The number of piperidine rings is 1. The summed E-state index contributed by atoms with van der Waals surface area (Å²) >= 11 is 0. The van der Waals surface area contributed by atoms with E-state index in [0.717, 1.165) is 24.2 Å². The Morgan fingerprint density at radius 3 is 2.77 bits per heavy atom. The maximum Gasteiger partial charge on any atom is 0.245 e. The molecule has 0 aliphatic carbocycles. The van der Waals surface area contributed by atoms with Gasteiger partial charge in [-0.05, 0) is 49.2 Å². The molecular weight excluding hydrogens is 446 g/mol. The summed E-state index contributed by atoms with van der Waals surface area (Å²) in [5.41, 5.74) is 3.27. The van der Waals surface area contributed by atoms with Gasteiger partial charge < -0.3 is 14.6 Å². The van der Waals surface area contributed by atoms with Crippen molar-refractivity contribution in [2.75, 3.05) is 18.4 Å². The maximum absolute atomic E-state index is 12.7. The van der Waals surface area contributed by atoms with Gasteiger partial charge in [-0.15, -0.1) is 0 Å². The largest absolute Gasteiger partial charge is 0.433 e. The second-order valence-electron chi connectivity index (χ2n) is 8.16. The molecule has 0 spiro atoms. The van der Waals surface area contributed by atoms with Crippen LogP contribution in [0.1, 0.15) is 12.8 Å². The van der Waals surface area contributed by atoms with Crippen molar-refractivity contribution in [1.29, 1.82) is 0 Å².